The van der Waals surface area contributed by atoms with Gasteiger partial charge in [0.2, 0.25) is 0 Å². The van der Waals surface area contributed by atoms with Gasteiger partial charge in [-0.05, 0) is 42.8 Å². The van der Waals surface area contributed by atoms with Gasteiger partial charge in [-0.3, -0.25) is 13.9 Å². The number of Topliss-reactive ketones (excluding diaryl/α,β-unsaturated/α-hetero) is 1. The second-order valence-electron chi connectivity index (χ2n) is 6.86. The Bertz CT molecular complexity index is 1240. The fourth-order valence-corrected chi connectivity index (χ4v) is 3.99. The van der Waals surface area contributed by atoms with Crippen molar-refractivity contribution in [1.29, 1.82) is 0 Å². The summed E-state index contributed by atoms with van der Waals surface area (Å²) in [6.45, 7) is 2.00. The number of fused-ring (bicyclic) bond motifs is 1. The van der Waals surface area contributed by atoms with Crippen LogP contribution in [-0.4, -0.2) is 14.9 Å². The molecule has 4 rings (SSSR count). The summed E-state index contributed by atoms with van der Waals surface area (Å²) in [5.41, 5.74) is 4.75. The Morgan fingerprint density at radius 1 is 0.929 bits per heavy atom. The number of carbonyl (C=O) groups is 1. The summed E-state index contributed by atoms with van der Waals surface area (Å²) in [6.07, 6.45) is 0. The normalized spacial score (nSPS) is 12.2. The van der Waals surface area contributed by atoms with Crippen LogP contribution in [0.25, 0.3) is 16.7 Å². The summed E-state index contributed by atoms with van der Waals surface area (Å²) in [7, 11) is 1.73. The number of hydrogen-bond acceptors (Lipinski definition) is 2. The number of ketones is 1. The molecule has 0 aliphatic carbocycles. The van der Waals surface area contributed by atoms with Crippen LogP contribution in [0.15, 0.2) is 77.6 Å². The molecule has 1 heterocycles. The lowest BCUT2D eigenvalue weighted by atomic mass is 10.0. The Morgan fingerprint density at radius 3 is 2.39 bits per heavy atom. The molecule has 0 radical (unpaired) electrons. The Hall–Kier alpha value is -2.92. The quantitative estimate of drug-likeness (QED) is 0.336. The lowest BCUT2D eigenvalue weighted by Gasteiger charge is -2.11. The average molecular weight is 435 g/mol. The van der Waals surface area contributed by atoms with Crippen LogP contribution in [0.5, 0.6) is 0 Å². The summed E-state index contributed by atoms with van der Waals surface area (Å²) in [4.78, 5) is 25.4. The molecule has 5 heteroatoms. The first-order valence-electron chi connectivity index (χ1n) is 8.99. The highest BCUT2D eigenvalue weighted by Crippen LogP contribution is 2.29. The van der Waals surface area contributed by atoms with Gasteiger partial charge in [-0.2, -0.15) is 0 Å². The van der Waals surface area contributed by atoms with Crippen LogP contribution in [-0.2, 0) is 7.05 Å². The van der Waals surface area contributed by atoms with Crippen LogP contribution >= 0.6 is 15.9 Å². The molecule has 0 aliphatic rings. The highest BCUT2D eigenvalue weighted by atomic mass is 79.9. The van der Waals surface area contributed by atoms with Gasteiger partial charge in [0.15, 0.2) is 5.78 Å². The maximum atomic E-state index is 13.0. The third-order valence-corrected chi connectivity index (χ3v) is 5.86. The second-order valence-corrected chi connectivity index (χ2v) is 7.77. The van der Waals surface area contributed by atoms with Gasteiger partial charge >= 0.3 is 5.69 Å². The maximum Gasteiger partial charge on any atom is 0.333 e. The van der Waals surface area contributed by atoms with Crippen molar-refractivity contribution in [2.75, 3.05) is 0 Å². The van der Waals surface area contributed by atoms with E-state index in [1.807, 2.05) is 67.6 Å². The van der Waals surface area contributed by atoms with E-state index in [0.29, 0.717) is 5.56 Å². The van der Waals surface area contributed by atoms with Crippen LogP contribution in [0.4, 0.5) is 0 Å². The summed E-state index contributed by atoms with van der Waals surface area (Å²) in [5, 5.41) is 0. The highest BCUT2D eigenvalue weighted by molar-refractivity contribution is 9.09. The highest BCUT2D eigenvalue weighted by Gasteiger charge is 2.21. The van der Waals surface area contributed by atoms with E-state index in [1.54, 1.807) is 28.3 Å². The van der Waals surface area contributed by atoms with Crippen molar-refractivity contribution in [3.8, 4) is 5.69 Å². The van der Waals surface area contributed by atoms with Crippen LogP contribution in [0.2, 0.25) is 0 Å². The number of imidazole rings is 1. The number of alkyl halides is 1. The molecule has 1 unspecified atom stereocenters. The zero-order valence-electron chi connectivity index (χ0n) is 15.6. The van der Waals surface area contributed by atoms with Gasteiger partial charge in [0, 0.05) is 12.6 Å². The zero-order chi connectivity index (χ0) is 19.8. The van der Waals surface area contributed by atoms with E-state index in [1.165, 1.54) is 0 Å². The number of aryl methyl sites for hydroxylation is 2. The number of rotatable bonds is 4. The topological polar surface area (TPSA) is 44.0 Å². The first-order valence-corrected chi connectivity index (χ1v) is 9.90. The molecule has 1 atom stereocenters. The van der Waals surface area contributed by atoms with Crippen molar-refractivity contribution in [1.82, 2.24) is 9.13 Å². The van der Waals surface area contributed by atoms with Crippen molar-refractivity contribution in [2.45, 2.75) is 11.8 Å². The SMILES string of the molecule is Cc1cccc(C(Br)C(=O)c2ccc3c(c2)n(C)c(=O)n3-c2ccccc2)c1. The average Bonchev–Trinajstić information content (AvgIpc) is 2.97. The van der Waals surface area contributed by atoms with Crippen LogP contribution < -0.4 is 5.69 Å². The van der Waals surface area contributed by atoms with Crippen LogP contribution in [0.3, 0.4) is 0 Å². The maximum absolute atomic E-state index is 13.0. The second kappa shape index (κ2) is 7.24. The van der Waals surface area contributed by atoms with Gasteiger partial charge in [-0.25, -0.2) is 4.79 Å². The van der Waals surface area contributed by atoms with E-state index < -0.39 is 4.83 Å². The molecule has 140 valence electrons. The van der Waals surface area contributed by atoms with E-state index >= 15 is 0 Å². The third kappa shape index (κ3) is 3.12. The van der Waals surface area contributed by atoms with Gasteiger partial charge < -0.3 is 0 Å². The largest absolute Gasteiger partial charge is 0.333 e. The first kappa shape index (κ1) is 18.4. The van der Waals surface area contributed by atoms with E-state index in [2.05, 4.69) is 15.9 Å². The molecule has 28 heavy (non-hydrogen) atoms. The van der Waals surface area contributed by atoms with E-state index in [9.17, 15) is 9.59 Å². The smallest absolute Gasteiger partial charge is 0.295 e. The third-order valence-electron chi connectivity index (χ3n) is 4.92. The predicted molar refractivity (Wildman–Crippen MR) is 116 cm³/mol. The molecule has 3 aromatic carbocycles. The summed E-state index contributed by atoms with van der Waals surface area (Å²) in [5.74, 6) is -0.0348. The zero-order valence-corrected chi connectivity index (χ0v) is 17.2. The summed E-state index contributed by atoms with van der Waals surface area (Å²) < 4.78 is 3.24. The molecular weight excluding hydrogens is 416 g/mol. The Kier molecular flexibility index (Phi) is 4.77. The van der Waals surface area contributed by atoms with Crippen LogP contribution in [0.1, 0.15) is 26.3 Å². The van der Waals surface area contributed by atoms with Crippen molar-refractivity contribution in [3.05, 3.63) is 100.0 Å². The number of halogens is 1. The molecule has 0 saturated heterocycles. The number of benzene rings is 3. The van der Waals surface area contributed by atoms with E-state index in [0.717, 1.165) is 27.8 Å². The van der Waals surface area contributed by atoms with E-state index in [4.69, 9.17) is 0 Å². The van der Waals surface area contributed by atoms with Crippen LogP contribution in [0, 0.1) is 6.92 Å². The number of hydrogen-bond donors (Lipinski definition) is 0. The monoisotopic (exact) mass is 434 g/mol. The molecule has 4 nitrogen and oxygen atoms in total. The molecule has 0 spiro atoms. The van der Waals surface area contributed by atoms with Gasteiger partial charge in [0.05, 0.1) is 16.7 Å². The van der Waals surface area contributed by atoms with Gasteiger partial charge in [0.1, 0.15) is 4.83 Å². The minimum Gasteiger partial charge on any atom is -0.295 e. The predicted octanol–water partition coefficient (Wildman–Crippen LogP) is 4.96. The molecular formula is C23H19BrN2O2. The van der Waals surface area contributed by atoms with Crippen molar-refractivity contribution in [3.63, 3.8) is 0 Å². The minimum absolute atomic E-state index is 0.0348. The molecule has 0 aliphatic heterocycles. The lowest BCUT2D eigenvalue weighted by Crippen LogP contribution is -2.20. The lowest BCUT2D eigenvalue weighted by molar-refractivity contribution is 0.0991. The molecule has 0 bridgehead atoms. The van der Waals surface area contributed by atoms with Crippen molar-refractivity contribution < 1.29 is 4.79 Å². The molecule has 0 N–H and O–H groups in total. The minimum atomic E-state index is -0.432. The van der Waals surface area contributed by atoms with Crippen molar-refractivity contribution in [2.24, 2.45) is 7.05 Å². The number of para-hydroxylation sites is 1. The van der Waals surface area contributed by atoms with Gasteiger partial charge in [0.25, 0.3) is 0 Å². The number of aromatic nitrogens is 2. The Labute approximate surface area is 171 Å². The first-order chi connectivity index (χ1) is 13.5. The van der Waals surface area contributed by atoms with Crippen molar-refractivity contribution >= 4 is 32.7 Å². The summed E-state index contributed by atoms with van der Waals surface area (Å²) in [6, 6.07) is 22.8. The molecule has 0 saturated carbocycles. The van der Waals surface area contributed by atoms with E-state index in [-0.39, 0.29) is 11.5 Å². The standard InChI is InChI=1S/C23H19BrN2O2/c1-15-7-6-8-16(13-15)21(24)22(27)17-11-12-19-20(14-17)25(2)23(28)26(19)18-9-4-3-5-10-18/h3-14,21H,1-2H3. The molecule has 1 aromatic heterocycles. The fraction of sp³-hybridized carbons (Fsp3) is 0.130. The molecule has 0 fully saturated rings. The summed E-state index contributed by atoms with van der Waals surface area (Å²) >= 11 is 3.54. The Balaban J connectivity index is 1.80. The Morgan fingerprint density at radius 2 is 1.68 bits per heavy atom. The van der Waals surface area contributed by atoms with Gasteiger partial charge in [-0.15, -0.1) is 0 Å². The van der Waals surface area contributed by atoms with Gasteiger partial charge in [-0.1, -0.05) is 64.0 Å². The molecule has 4 aromatic rings. The molecule has 0 amide bonds. The number of nitrogens with zero attached hydrogens (tertiary/aromatic N) is 2. The number of carbonyl (C=O) groups excluding carboxylic acids is 1. The fourth-order valence-electron chi connectivity index (χ4n) is 3.44.